The SMILES string of the molecule is CCOC(=O)c1ccsc1NC(=O)CN1CCC(NC(=O)c2scnc2C)CC1. The molecule has 3 heterocycles. The average molecular weight is 437 g/mol. The zero-order chi connectivity index (χ0) is 20.8. The van der Waals surface area contributed by atoms with Crippen molar-refractivity contribution in [3.05, 3.63) is 33.1 Å². The van der Waals surface area contributed by atoms with Crippen molar-refractivity contribution in [3.63, 3.8) is 0 Å². The number of thiophene rings is 1. The molecule has 8 nitrogen and oxygen atoms in total. The summed E-state index contributed by atoms with van der Waals surface area (Å²) in [6.45, 7) is 5.54. The highest BCUT2D eigenvalue weighted by molar-refractivity contribution is 7.14. The van der Waals surface area contributed by atoms with Crippen LogP contribution in [0.1, 0.15) is 45.5 Å². The Kier molecular flexibility index (Phi) is 7.34. The first-order valence-corrected chi connectivity index (χ1v) is 11.2. The van der Waals surface area contributed by atoms with Crippen LogP contribution < -0.4 is 10.6 Å². The van der Waals surface area contributed by atoms with Gasteiger partial charge in [-0.2, -0.15) is 0 Å². The maximum Gasteiger partial charge on any atom is 0.341 e. The predicted octanol–water partition coefficient (Wildman–Crippen LogP) is 2.52. The van der Waals surface area contributed by atoms with Crippen molar-refractivity contribution >= 4 is 45.5 Å². The molecule has 29 heavy (non-hydrogen) atoms. The summed E-state index contributed by atoms with van der Waals surface area (Å²) in [7, 11) is 0. The van der Waals surface area contributed by atoms with E-state index in [1.165, 1.54) is 22.7 Å². The molecule has 2 aromatic heterocycles. The Labute approximate surface area is 177 Å². The van der Waals surface area contributed by atoms with Gasteiger partial charge >= 0.3 is 5.97 Å². The van der Waals surface area contributed by atoms with Gasteiger partial charge in [-0.05, 0) is 38.1 Å². The second-order valence-electron chi connectivity index (χ2n) is 6.72. The normalized spacial score (nSPS) is 15.1. The van der Waals surface area contributed by atoms with Crippen molar-refractivity contribution in [1.82, 2.24) is 15.2 Å². The smallest absolute Gasteiger partial charge is 0.341 e. The molecule has 1 aliphatic heterocycles. The highest BCUT2D eigenvalue weighted by Crippen LogP contribution is 2.24. The van der Waals surface area contributed by atoms with Crippen LogP contribution in [0.15, 0.2) is 17.0 Å². The molecule has 0 unspecified atom stereocenters. The number of hydrogen-bond acceptors (Lipinski definition) is 8. The van der Waals surface area contributed by atoms with Crippen molar-refractivity contribution in [1.29, 1.82) is 0 Å². The fourth-order valence-corrected chi connectivity index (χ4v) is 4.65. The summed E-state index contributed by atoms with van der Waals surface area (Å²) < 4.78 is 5.00. The van der Waals surface area contributed by atoms with Crippen LogP contribution in [-0.4, -0.2) is 60.0 Å². The Bertz CT molecular complexity index is 871. The molecule has 0 aromatic carbocycles. The zero-order valence-electron chi connectivity index (χ0n) is 16.4. The van der Waals surface area contributed by atoms with Gasteiger partial charge in [0.15, 0.2) is 0 Å². The molecular formula is C19H24N4O4S2. The van der Waals surface area contributed by atoms with E-state index < -0.39 is 5.97 Å². The van der Waals surface area contributed by atoms with Crippen molar-refractivity contribution in [2.24, 2.45) is 0 Å². The van der Waals surface area contributed by atoms with E-state index >= 15 is 0 Å². The van der Waals surface area contributed by atoms with Crippen LogP contribution in [0.5, 0.6) is 0 Å². The summed E-state index contributed by atoms with van der Waals surface area (Å²) in [5.74, 6) is -0.678. The fraction of sp³-hybridized carbons (Fsp3) is 0.474. The minimum absolute atomic E-state index is 0.0783. The number of carbonyl (C=O) groups is 3. The van der Waals surface area contributed by atoms with Crippen LogP contribution in [0.4, 0.5) is 5.00 Å². The minimum Gasteiger partial charge on any atom is -0.462 e. The largest absolute Gasteiger partial charge is 0.462 e. The zero-order valence-corrected chi connectivity index (χ0v) is 18.0. The molecule has 0 spiro atoms. The van der Waals surface area contributed by atoms with Gasteiger partial charge in [0.2, 0.25) is 5.91 Å². The lowest BCUT2D eigenvalue weighted by molar-refractivity contribution is -0.117. The number of thiazole rings is 1. The van der Waals surface area contributed by atoms with Gasteiger partial charge in [-0.25, -0.2) is 9.78 Å². The molecular weight excluding hydrogens is 412 g/mol. The number of amides is 2. The third kappa shape index (κ3) is 5.62. The van der Waals surface area contributed by atoms with Crippen LogP contribution in [0.2, 0.25) is 0 Å². The number of carbonyl (C=O) groups excluding carboxylic acids is 3. The number of nitrogens with one attached hydrogen (secondary N) is 2. The molecule has 2 aromatic rings. The molecule has 2 N–H and O–H groups in total. The fourth-order valence-electron chi connectivity index (χ4n) is 3.15. The molecule has 0 atom stereocenters. The number of ether oxygens (including phenoxy) is 1. The number of anilines is 1. The van der Waals surface area contributed by atoms with Crippen molar-refractivity contribution in [3.8, 4) is 0 Å². The van der Waals surface area contributed by atoms with Gasteiger partial charge in [-0.3, -0.25) is 14.5 Å². The summed E-state index contributed by atoms with van der Waals surface area (Å²) in [6, 6.07) is 1.74. The molecule has 1 fully saturated rings. The van der Waals surface area contributed by atoms with Gasteiger partial charge in [0.25, 0.3) is 5.91 Å². The molecule has 156 valence electrons. The number of esters is 1. The lowest BCUT2D eigenvalue weighted by Gasteiger charge is -2.31. The van der Waals surface area contributed by atoms with Gasteiger partial charge in [0.05, 0.1) is 29.9 Å². The van der Waals surface area contributed by atoms with Gasteiger partial charge in [-0.1, -0.05) is 0 Å². The topological polar surface area (TPSA) is 101 Å². The summed E-state index contributed by atoms with van der Waals surface area (Å²) >= 11 is 2.64. The minimum atomic E-state index is -0.434. The van der Waals surface area contributed by atoms with E-state index in [0.29, 0.717) is 15.4 Å². The summed E-state index contributed by atoms with van der Waals surface area (Å²) in [4.78, 5) is 43.4. The summed E-state index contributed by atoms with van der Waals surface area (Å²) in [6.07, 6.45) is 1.56. The first-order chi connectivity index (χ1) is 14.0. The number of piperidine rings is 1. The van der Waals surface area contributed by atoms with E-state index in [-0.39, 0.29) is 31.0 Å². The van der Waals surface area contributed by atoms with Crippen LogP contribution in [0.25, 0.3) is 0 Å². The van der Waals surface area contributed by atoms with Crippen molar-refractivity contribution < 1.29 is 19.1 Å². The summed E-state index contributed by atoms with van der Waals surface area (Å²) in [5.41, 5.74) is 2.80. The van der Waals surface area contributed by atoms with Gasteiger partial charge < -0.3 is 15.4 Å². The maximum absolute atomic E-state index is 12.4. The van der Waals surface area contributed by atoms with E-state index in [0.717, 1.165) is 31.6 Å². The predicted molar refractivity (Wildman–Crippen MR) is 113 cm³/mol. The molecule has 0 saturated carbocycles. The Balaban J connectivity index is 1.44. The van der Waals surface area contributed by atoms with E-state index in [1.807, 2.05) is 11.8 Å². The quantitative estimate of drug-likeness (QED) is 0.647. The number of hydrogen-bond donors (Lipinski definition) is 2. The van der Waals surface area contributed by atoms with Gasteiger partial charge in [0, 0.05) is 19.1 Å². The number of rotatable bonds is 7. The summed E-state index contributed by atoms with van der Waals surface area (Å²) in [5, 5.41) is 8.13. The first kappa shape index (κ1) is 21.4. The molecule has 1 saturated heterocycles. The number of aryl methyl sites for hydroxylation is 1. The standard InChI is InChI=1S/C19H24N4O4S2/c1-3-27-19(26)14-6-9-28-18(14)22-15(24)10-23-7-4-13(5-8-23)21-17(25)16-12(2)20-11-29-16/h6,9,11,13H,3-5,7-8,10H2,1-2H3,(H,21,25)(H,22,24). The molecule has 1 aliphatic rings. The van der Waals surface area contributed by atoms with Crippen molar-refractivity contribution in [2.75, 3.05) is 31.6 Å². The molecule has 0 aliphatic carbocycles. The van der Waals surface area contributed by atoms with Crippen LogP contribution >= 0.6 is 22.7 Å². The monoisotopic (exact) mass is 436 g/mol. The lowest BCUT2D eigenvalue weighted by atomic mass is 10.0. The van der Waals surface area contributed by atoms with E-state index in [1.54, 1.807) is 23.9 Å². The third-order valence-electron chi connectivity index (χ3n) is 4.66. The second-order valence-corrected chi connectivity index (χ2v) is 8.49. The van der Waals surface area contributed by atoms with Crippen molar-refractivity contribution in [2.45, 2.75) is 32.7 Å². The third-order valence-corrected chi connectivity index (χ3v) is 6.41. The Morgan fingerprint density at radius 1 is 1.28 bits per heavy atom. The maximum atomic E-state index is 12.4. The van der Waals surface area contributed by atoms with E-state index in [9.17, 15) is 14.4 Å². The highest BCUT2D eigenvalue weighted by Gasteiger charge is 2.24. The Morgan fingerprint density at radius 2 is 2.03 bits per heavy atom. The first-order valence-electron chi connectivity index (χ1n) is 9.45. The average Bonchev–Trinajstić information content (AvgIpc) is 3.32. The van der Waals surface area contributed by atoms with E-state index in [2.05, 4.69) is 15.6 Å². The molecule has 10 heteroatoms. The van der Waals surface area contributed by atoms with Gasteiger partial charge in [-0.15, -0.1) is 22.7 Å². The van der Waals surface area contributed by atoms with E-state index in [4.69, 9.17) is 4.74 Å². The van der Waals surface area contributed by atoms with Crippen LogP contribution in [-0.2, 0) is 9.53 Å². The van der Waals surface area contributed by atoms with Gasteiger partial charge in [0.1, 0.15) is 9.88 Å². The molecule has 3 rings (SSSR count). The lowest BCUT2D eigenvalue weighted by Crippen LogP contribution is -2.46. The molecule has 0 bridgehead atoms. The van der Waals surface area contributed by atoms with Crippen LogP contribution in [0, 0.1) is 6.92 Å². The molecule has 2 amide bonds. The second kappa shape index (κ2) is 9.95. The number of aromatic nitrogens is 1. The number of nitrogens with zero attached hydrogens (tertiary/aromatic N) is 2. The molecule has 0 radical (unpaired) electrons. The highest BCUT2D eigenvalue weighted by atomic mass is 32.1. The Hall–Kier alpha value is -2.30. The van der Waals surface area contributed by atoms with Crippen LogP contribution in [0.3, 0.4) is 0 Å². The Morgan fingerprint density at radius 3 is 2.69 bits per heavy atom. The number of likely N-dealkylation sites (tertiary alicyclic amines) is 1.